The smallest absolute Gasteiger partial charge is 0.232 e. The molecule has 3 aromatic rings. The van der Waals surface area contributed by atoms with Crippen molar-refractivity contribution < 1.29 is 4.74 Å². The number of rotatable bonds is 3. The molecule has 0 unspecified atom stereocenters. The van der Waals surface area contributed by atoms with Crippen molar-refractivity contribution in [2.75, 3.05) is 12.4 Å². The van der Waals surface area contributed by atoms with Gasteiger partial charge in [0.05, 0.1) is 16.5 Å². The third-order valence-corrected chi connectivity index (χ3v) is 3.01. The molecule has 0 saturated heterocycles. The van der Waals surface area contributed by atoms with Crippen LogP contribution in [0, 0.1) is 11.3 Å². The molecule has 102 valence electrons. The second kappa shape index (κ2) is 5.47. The maximum Gasteiger partial charge on any atom is 0.232 e. The van der Waals surface area contributed by atoms with Gasteiger partial charge in [0.25, 0.3) is 0 Å². The van der Waals surface area contributed by atoms with E-state index in [9.17, 15) is 0 Å². The van der Waals surface area contributed by atoms with Gasteiger partial charge in [-0.25, -0.2) is 4.98 Å². The van der Waals surface area contributed by atoms with E-state index in [-0.39, 0.29) is 0 Å². The molecule has 0 spiro atoms. The number of benzene rings is 2. The number of hydrogen-bond acceptors (Lipinski definition) is 5. The average Bonchev–Trinajstić information content (AvgIpc) is 2.55. The highest BCUT2D eigenvalue weighted by Gasteiger charge is 2.11. The minimum atomic E-state index is 0.424. The third kappa shape index (κ3) is 2.47. The van der Waals surface area contributed by atoms with Crippen LogP contribution in [0.2, 0.25) is 0 Å². The lowest BCUT2D eigenvalue weighted by Crippen LogP contribution is -2.00. The summed E-state index contributed by atoms with van der Waals surface area (Å²) in [5, 5.41) is 12.8. The lowest BCUT2D eigenvalue weighted by atomic mass is 10.2. The Morgan fingerprint density at radius 1 is 1.05 bits per heavy atom. The van der Waals surface area contributed by atoms with E-state index in [0.717, 1.165) is 10.9 Å². The molecule has 0 aliphatic heterocycles. The van der Waals surface area contributed by atoms with Crippen LogP contribution < -0.4 is 10.1 Å². The highest BCUT2D eigenvalue weighted by Crippen LogP contribution is 2.29. The van der Waals surface area contributed by atoms with Gasteiger partial charge in [-0.3, -0.25) is 0 Å². The van der Waals surface area contributed by atoms with Crippen molar-refractivity contribution in [3.63, 3.8) is 0 Å². The quantitative estimate of drug-likeness (QED) is 0.794. The van der Waals surface area contributed by atoms with E-state index in [0.29, 0.717) is 23.1 Å². The van der Waals surface area contributed by atoms with Crippen LogP contribution in [-0.4, -0.2) is 17.0 Å². The lowest BCUT2D eigenvalue weighted by Gasteiger charge is -2.10. The van der Waals surface area contributed by atoms with E-state index in [4.69, 9.17) is 10.00 Å². The Morgan fingerprint density at radius 2 is 1.81 bits per heavy atom. The fraction of sp³-hybridized carbons (Fsp3) is 0.0625. The molecule has 0 radical (unpaired) electrons. The Morgan fingerprint density at radius 3 is 2.62 bits per heavy atom. The summed E-state index contributed by atoms with van der Waals surface area (Å²) >= 11 is 0. The number of hydrogen-bond donors (Lipinski definition) is 1. The molecule has 0 saturated carbocycles. The molecule has 1 aromatic heterocycles. The number of nitrogens with one attached hydrogen (secondary N) is 1. The predicted molar refractivity (Wildman–Crippen MR) is 80.3 cm³/mol. The minimum absolute atomic E-state index is 0.424. The van der Waals surface area contributed by atoms with E-state index in [1.807, 2.05) is 30.3 Å². The molecule has 0 amide bonds. The highest BCUT2D eigenvalue weighted by atomic mass is 16.5. The normalized spacial score (nSPS) is 10.1. The fourth-order valence-electron chi connectivity index (χ4n) is 1.99. The van der Waals surface area contributed by atoms with Crippen molar-refractivity contribution in [1.29, 1.82) is 5.26 Å². The van der Waals surface area contributed by atoms with Crippen molar-refractivity contribution in [3.05, 3.63) is 54.1 Å². The van der Waals surface area contributed by atoms with Crippen molar-refractivity contribution in [3.8, 4) is 17.7 Å². The van der Waals surface area contributed by atoms with Gasteiger partial charge < -0.3 is 10.1 Å². The second-order valence-electron chi connectivity index (χ2n) is 4.33. The first-order valence-electron chi connectivity index (χ1n) is 6.43. The zero-order chi connectivity index (χ0) is 14.7. The Labute approximate surface area is 121 Å². The first-order valence-corrected chi connectivity index (χ1v) is 6.43. The van der Waals surface area contributed by atoms with Crippen molar-refractivity contribution in [2.45, 2.75) is 0 Å². The molecule has 1 heterocycles. The first kappa shape index (κ1) is 12.9. The van der Waals surface area contributed by atoms with Gasteiger partial charge in [0.15, 0.2) is 0 Å². The lowest BCUT2D eigenvalue weighted by molar-refractivity contribution is 0.467. The number of aromatic nitrogens is 2. The van der Waals surface area contributed by atoms with Crippen molar-refractivity contribution in [2.24, 2.45) is 0 Å². The Balaban J connectivity index is 2.14. The maximum absolute atomic E-state index is 9.14. The van der Waals surface area contributed by atoms with Gasteiger partial charge >= 0.3 is 0 Å². The van der Waals surface area contributed by atoms with Crippen LogP contribution in [0.3, 0.4) is 0 Å². The largest absolute Gasteiger partial charge is 0.437 e. The van der Waals surface area contributed by atoms with Crippen LogP contribution in [0.15, 0.2) is 48.5 Å². The molecular formula is C16H12N4O. The summed E-state index contributed by atoms with van der Waals surface area (Å²) in [6.07, 6.45) is 0. The van der Waals surface area contributed by atoms with Gasteiger partial charge in [0.2, 0.25) is 11.8 Å². The van der Waals surface area contributed by atoms with Gasteiger partial charge in [-0.1, -0.05) is 24.3 Å². The number of ether oxygens (including phenoxy) is 1. The van der Waals surface area contributed by atoms with E-state index in [1.54, 1.807) is 25.2 Å². The van der Waals surface area contributed by atoms with E-state index < -0.39 is 0 Å². The van der Waals surface area contributed by atoms with E-state index in [1.165, 1.54) is 0 Å². The molecule has 0 aliphatic carbocycles. The minimum Gasteiger partial charge on any atom is -0.437 e. The van der Waals surface area contributed by atoms with Crippen LogP contribution in [0.1, 0.15) is 5.56 Å². The number of anilines is 1. The van der Waals surface area contributed by atoms with Crippen LogP contribution in [0.4, 0.5) is 5.95 Å². The summed E-state index contributed by atoms with van der Waals surface area (Å²) in [4.78, 5) is 8.71. The van der Waals surface area contributed by atoms with Crippen molar-refractivity contribution in [1.82, 2.24) is 9.97 Å². The van der Waals surface area contributed by atoms with Gasteiger partial charge in [-0.15, -0.1) is 0 Å². The number of fused-ring (bicyclic) bond motifs is 1. The molecule has 5 nitrogen and oxygen atoms in total. The van der Waals surface area contributed by atoms with E-state index in [2.05, 4.69) is 21.4 Å². The van der Waals surface area contributed by atoms with Gasteiger partial charge in [0, 0.05) is 7.05 Å². The molecule has 5 heteroatoms. The van der Waals surface area contributed by atoms with Crippen LogP contribution in [0.25, 0.3) is 10.9 Å². The molecule has 3 rings (SSSR count). The monoisotopic (exact) mass is 276 g/mol. The summed E-state index contributed by atoms with van der Waals surface area (Å²) in [5.41, 5.74) is 1.24. The molecule has 0 aliphatic rings. The third-order valence-electron chi connectivity index (χ3n) is 3.01. The molecule has 0 atom stereocenters. The molecule has 0 fully saturated rings. The zero-order valence-electron chi connectivity index (χ0n) is 11.4. The summed E-state index contributed by atoms with van der Waals surface area (Å²) in [6, 6.07) is 16.8. The van der Waals surface area contributed by atoms with Crippen molar-refractivity contribution >= 4 is 16.9 Å². The number of para-hydroxylation sites is 2. The Bertz CT molecular complexity index is 839. The summed E-state index contributed by atoms with van der Waals surface area (Å²) in [7, 11) is 1.75. The van der Waals surface area contributed by atoms with Gasteiger partial charge in [-0.05, 0) is 24.3 Å². The van der Waals surface area contributed by atoms with Crippen LogP contribution in [-0.2, 0) is 0 Å². The average molecular weight is 276 g/mol. The Kier molecular flexibility index (Phi) is 3.36. The Hall–Kier alpha value is -3.13. The summed E-state index contributed by atoms with van der Waals surface area (Å²) < 4.78 is 5.84. The number of nitrogens with zero attached hydrogens (tertiary/aromatic N) is 3. The molecule has 0 bridgehead atoms. The standard InChI is InChI=1S/C16H12N4O/c1-18-16-19-13-8-4-3-7-12(13)15(20-16)21-14-9-5-2-6-11(14)10-17/h2-9H,1H3,(H,18,19,20). The topological polar surface area (TPSA) is 70.8 Å². The molecular weight excluding hydrogens is 264 g/mol. The number of nitriles is 1. The van der Waals surface area contributed by atoms with Gasteiger partial charge in [0.1, 0.15) is 11.8 Å². The van der Waals surface area contributed by atoms with Crippen LogP contribution in [0.5, 0.6) is 11.6 Å². The summed E-state index contributed by atoms with van der Waals surface area (Å²) in [5.74, 6) is 1.37. The first-order chi connectivity index (χ1) is 10.3. The maximum atomic E-state index is 9.14. The van der Waals surface area contributed by atoms with Crippen LogP contribution >= 0.6 is 0 Å². The second-order valence-corrected chi connectivity index (χ2v) is 4.33. The fourth-order valence-corrected chi connectivity index (χ4v) is 1.99. The summed E-state index contributed by atoms with van der Waals surface area (Å²) in [6.45, 7) is 0. The molecule has 2 aromatic carbocycles. The van der Waals surface area contributed by atoms with Gasteiger partial charge in [-0.2, -0.15) is 10.2 Å². The highest BCUT2D eigenvalue weighted by molar-refractivity contribution is 5.84. The zero-order valence-corrected chi connectivity index (χ0v) is 11.4. The molecule has 21 heavy (non-hydrogen) atoms. The SMILES string of the molecule is CNc1nc(Oc2ccccc2C#N)c2ccccc2n1. The van der Waals surface area contributed by atoms with E-state index >= 15 is 0 Å². The predicted octanol–water partition coefficient (Wildman–Crippen LogP) is 3.34. The molecule has 1 N–H and O–H groups in total.